The summed E-state index contributed by atoms with van der Waals surface area (Å²) in [7, 11) is 0. The molecule has 0 radical (unpaired) electrons. The molecule has 0 amide bonds. The maximum atomic E-state index is 10.8. The van der Waals surface area contributed by atoms with Crippen molar-refractivity contribution in [3.63, 3.8) is 0 Å². The van der Waals surface area contributed by atoms with Crippen molar-refractivity contribution in [3.8, 4) is 0 Å². The predicted octanol–water partition coefficient (Wildman–Crippen LogP) is 2.36. The monoisotopic (exact) mass is 210 g/mol. The Labute approximate surface area is 89.9 Å². The molecular formula is C11H18N2O2. The van der Waals surface area contributed by atoms with E-state index in [4.69, 9.17) is 5.11 Å². The van der Waals surface area contributed by atoms with Crippen LogP contribution in [0.4, 0.5) is 0 Å². The number of aromatic carboxylic acids is 1. The molecule has 1 aromatic rings. The maximum Gasteiger partial charge on any atom is 0.356 e. The quantitative estimate of drug-likeness (QED) is 0.830. The second kappa shape index (κ2) is 4.47. The number of rotatable bonds is 4. The first-order chi connectivity index (χ1) is 6.91. The lowest BCUT2D eigenvalue weighted by Crippen LogP contribution is -2.10. The SMILES string of the molecule is CC(C)Cc1cc(C(=O)O)nn1C(C)C. The van der Waals surface area contributed by atoms with Gasteiger partial charge in [-0.3, -0.25) is 4.68 Å². The molecule has 0 aliphatic heterocycles. The van der Waals surface area contributed by atoms with E-state index in [0.29, 0.717) is 5.92 Å². The smallest absolute Gasteiger partial charge is 0.356 e. The standard InChI is InChI=1S/C11H18N2O2/c1-7(2)5-9-6-10(11(14)15)12-13(9)8(3)4/h6-8H,5H2,1-4H3,(H,14,15). The van der Waals surface area contributed by atoms with Gasteiger partial charge in [0.05, 0.1) is 0 Å². The van der Waals surface area contributed by atoms with Crippen LogP contribution in [0, 0.1) is 5.92 Å². The minimum atomic E-state index is -0.959. The second-order valence-corrected chi connectivity index (χ2v) is 4.46. The summed E-state index contributed by atoms with van der Waals surface area (Å²) in [6.07, 6.45) is 0.860. The van der Waals surface area contributed by atoms with Gasteiger partial charge in [0.2, 0.25) is 0 Å². The van der Waals surface area contributed by atoms with Crippen molar-refractivity contribution in [2.75, 3.05) is 0 Å². The number of hydrogen-bond donors (Lipinski definition) is 1. The second-order valence-electron chi connectivity index (χ2n) is 4.46. The molecule has 0 saturated heterocycles. The number of nitrogens with zero attached hydrogens (tertiary/aromatic N) is 2. The van der Waals surface area contributed by atoms with Crippen molar-refractivity contribution in [2.24, 2.45) is 5.92 Å². The fourth-order valence-electron chi connectivity index (χ4n) is 1.56. The van der Waals surface area contributed by atoms with Gasteiger partial charge in [0, 0.05) is 11.7 Å². The molecule has 0 spiro atoms. The maximum absolute atomic E-state index is 10.8. The third-order valence-corrected chi connectivity index (χ3v) is 2.14. The lowest BCUT2D eigenvalue weighted by atomic mass is 10.1. The molecule has 0 bridgehead atoms. The third kappa shape index (κ3) is 2.81. The van der Waals surface area contributed by atoms with Gasteiger partial charge in [0.1, 0.15) is 0 Å². The molecule has 84 valence electrons. The van der Waals surface area contributed by atoms with Crippen molar-refractivity contribution >= 4 is 5.97 Å². The molecule has 4 heteroatoms. The Morgan fingerprint density at radius 2 is 2.07 bits per heavy atom. The summed E-state index contributed by atoms with van der Waals surface area (Å²) in [5, 5.41) is 12.9. The zero-order valence-electron chi connectivity index (χ0n) is 9.69. The van der Waals surface area contributed by atoms with E-state index >= 15 is 0 Å². The van der Waals surface area contributed by atoms with Crippen molar-refractivity contribution in [1.29, 1.82) is 0 Å². The molecule has 0 aromatic carbocycles. The minimum Gasteiger partial charge on any atom is -0.476 e. The largest absolute Gasteiger partial charge is 0.476 e. The first-order valence-electron chi connectivity index (χ1n) is 5.23. The summed E-state index contributed by atoms with van der Waals surface area (Å²) in [6.45, 7) is 8.22. The van der Waals surface area contributed by atoms with Crippen molar-refractivity contribution < 1.29 is 9.90 Å². The highest BCUT2D eigenvalue weighted by Crippen LogP contribution is 2.15. The number of carboxylic acid groups (broad SMARTS) is 1. The molecule has 4 nitrogen and oxygen atoms in total. The van der Waals surface area contributed by atoms with Crippen molar-refractivity contribution in [3.05, 3.63) is 17.5 Å². The first-order valence-corrected chi connectivity index (χ1v) is 5.23. The van der Waals surface area contributed by atoms with Crippen LogP contribution in [0.15, 0.2) is 6.07 Å². The lowest BCUT2D eigenvalue weighted by Gasteiger charge is -2.11. The predicted molar refractivity (Wildman–Crippen MR) is 58.1 cm³/mol. The highest BCUT2D eigenvalue weighted by molar-refractivity contribution is 5.85. The van der Waals surface area contributed by atoms with Gasteiger partial charge in [-0.05, 0) is 32.3 Å². The fraction of sp³-hybridized carbons (Fsp3) is 0.636. The van der Waals surface area contributed by atoms with Gasteiger partial charge in [-0.25, -0.2) is 4.79 Å². The van der Waals surface area contributed by atoms with E-state index in [1.54, 1.807) is 10.7 Å². The molecule has 1 N–H and O–H groups in total. The summed E-state index contributed by atoms with van der Waals surface area (Å²) in [5.74, 6) is -0.458. The summed E-state index contributed by atoms with van der Waals surface area (Å²) in [4.78, 5) is 10.8. The highest BCUT2D eigenvalue weighted by atomic mass is 16.4. The van der Waals surface area contributed by atoms with Gasteiger partial charge >= 0.3 is 5.97 Å². The van der Waals surface area contributed by atoms with Crippen LogP contribution < -0.4 is 0 Å². The topological polar surface area (TPSA) is 55.1 Å². The Balaban J connectivity index is 3.06. The molecule has 0 aliphatic carbocycles. The van der Waals surface area contributed by atoms with E-state index in [-0.39, 0.29) is 11.7 Å². The van der Waals surface area contributed by atoms with Gasteiger partial charge in [0.25, 0.3) is 0 Å². The zero-order valence-corrected chi connectivity index (χ0v) is 9.69. The van der Waals surface area contributed by atoms with Crippen LogP contribution in [0.5, 0.6) is 0 Å². The highest BCUT2D eigenvalue weighted by Gasteiger charge is 2.15. The Hall–Kier alpha value is -1.32. The molecule has 0 atom stereocenters. The van der Waals surface area contributed by atoms with Crippen LogP contribution >= 0.6 is 0 Å². The molecule has 0 aliphatic rings. The molecule has 1 rings (SSSR count). The van der Waals surface area contributed by atoms with Crippen LogP contribution in [0.1, 0.15) is 49.9 Å². The van der Waals surface area contributed by atoms with Crippen molar-refractivity contribution in [1.82, 2.24) is 9.78 Å². The number of hydrogen-bond acceptors (Lipinski definition) is 2. The summed E-state index contributed by atoms with van der Waals surface area (Å²) in [5.41, 5.74) is 1.14. The van der Waals surface area contributed by atoms with Crippen LogP contribution in [0.3, 0.4) is 0 Å². The molecule has 15 heavy (non-hydrogen) atoms. The van der Waals surface area contributed by atoms with E-state index in [1.807, 2.05) is 13.8 Å². The Morgan fingerprint density at radius 1 is 1.47 bits per heavy atom. The fourth-order valence-corrected chi connectivity index (χ4v) is 1.56. The third-order valence-electron chi connectivity index (χ3n) is 2.14. The molecule has 1 heterocycles. The lowest BCUT2D eigenvalue weighted by molar-refractivity contribution is 0.0689. The number of carbonyl (C=O) groups is 1. The number of carboxylic acids is 1. The average molecular weight is 210 g/mol. The van der Waals surface area contributed by atoms with E-state index in [0.717, 1.165) is 12.1 Å². The number of aromatic nitrogens is 2. The first kappa shape index (κ1) is 11.8. The van der Waals surface area contributed by atoms with Crippen LogP contribution in [-0.4, -0.2) is 20.9 Å². The Kier molecular flexibility index (Phi) is 3.50. The summed E-state index contributed by atoms with van der Waals surface area (Å²) in [6, 6.07) is 1.87. The Bertz CT molecular complexity index is 353. The van der Waals surface area contributed by atoms with E-state index in [1.165, 1.54) is 0 Å². The molecule has 0 fully saturated rings. The average Bonchev–Trinajstić information content (AvgIpc) is 2.46. The van der Waals surface area contributed by atoms with E-state index in [9.17, 15) is 4.79 Å². The molecule has 0 unspecified atom stereocenters. The van der Waals surface area contributed by atoms with Gasteiger partial charge < -0.3 is 5.11 Å². The van der Waals surface area contributed by atoms with Crippen LogP contribution in [-0.2, 0) is 6.42 Å². The van der Waals surface area contributed by atoms with Gasteiger partial charge in [-0.2, -0.15) is 5.10 Å². The van der Waals surface area contributed by atoms with Gasteiger partial charge in [-0.1, -0.05) is 13.8 Å². The van der Waals surface area contributed by atoms with Crippen LogP contribution in [0.25, 0.3) is 0 Å². The van der Waals surface area contributed by atoms with E-state index < -0.39 is 5.97 Å². The van der Waals surface area contributed by atoms with E-state index in [2.05, 4.69) is 18.9 Å². The van der Waals surface area contributed by atoms with Crippen LogP contribution in [0.2, 0.25) is 0 Å². The minimum absolute atomic E-state index is 0.138. The zero-order chi connectivity index (χ0) is 11.6. The molecule has 1 aromatic heterocycles. The summed E-state index contributed by atoms with van der Waals surface area (Å²) >= 11 is 0. The van der Waals surface area contributed by atoms with Gasteiger partial charge in [0.15, 0.2) is 5.69 Å². The Morgan fingerprint density at radius 3 is 2.47 bits per heavy atom. The molecular weight excluding hydrogens is 192 g/mol. The summed E-state index contributed by atoms with van der Waals surface area (Å²) < 4.78 is 1.80. The van der Waals surface area contributed by atoms with Crippen molar-refractivity contribution in [2.45, 2.75) is 40.2 Å². The molecule has 0 saturated carbocycles. The van der Waals surface area contributed by atoms with Gasteiger partial charge in [-0.15, -0.1) is 0 Å². The normalized spacial score (nSPS) is 11.3.